The first-order chi connectivity index (χ1) is 14.1. The van der Waals surface area contributed by atoms with Crippen LogP contribution in [0.4, 0.5) is 0 Å². The first kappa shape index (κ1) is 18.3. The number of rotatable bonds is 4. The summed E-state index contributed by atoms with van der Waals surface area (Å²) in [5, 5.41) is 0. The maximum Gasteiger partial charge on any atom is 0.339 e. The van der Waals surface area contributed by atoms with Crippen molar-refractivity contribution in [2.24, 2.45) is 0 Å². The van der Waals surface area contributed by atoms with E-state index in [1.54, 1.807) is 21.3 Å². The lowest BCUT2D eigenvalue weighted by molar-refractivity contribution is 0.0399. The van der Waals surface area contributed by atoms with Crippen molar-refractivity contribution in [3.05, 3.63) is 40.5 Å². The molecule has 29 heavy (non-hydrogen) atoms. The topological polar surface area (TPSA) is 72.5 Å². The Kier molecular flexibility index (Phi) is 4.37. The fourth-order valence-corrected chi connectivity index (χ4v) is 4.59. The van der Waals surface area contributed by atoms with Gasteiger partial charge in [0.25, 0.3) is 0 Å². The van der Waals surface area contributed by atoms with Gasteiger partial charge in [0.15, 0.2) is 11.5 Å². The van der Waals surface area contributed by atoms with Crippen LogP contribution >= 0.6 is 0 Å². The van der Waals surface area contributed by atoms with E-state index in [2.05, 4.69) is 6.07 Å². The highest BCUT2D eigenvalue weighted by Gasteiger charge is 2.39. The van der Waals surface area contributed by atoms with Crippen molar-refractivity contribution in [1.29, 1.82) is 0 Å². The highest BCUT2D eigenvalue weighted by atomic mass is 16.7. The zero-order valence-corrected chi connectivity index (χ0v) is 16.6. The van der Waals surface area contributed by atoms with Gasteiger partial charge in [0.05, 0.1) is 39.1 Å². The third-order valence-corrected chi connectivity index (χ3v) is 5.93. The molecule has 0 saturated carbocycles. The number of benzene rings is 2. The summed E-state index contributed by atoms with van der Waals surface area (Å²) in [5.41, 5.74) is 5.43. The van der Waals surface area contributed by atoms with Crippen LogP contribution in [0.25, 0.3) is 11.1 Å². The Morgan fingerprint density at radius 2 is 1.55 bits per heavy atom. The minimum Gasteiger partial charge on any atom is -0.493 e. The molecular weight excluding hydrogens is 376 g/mol. The van der Waals surface area contributed by atoms with Crippen LogP contribution in [0.2, 0.25) is 0 Å². The van der Waals surface area contributed by atoms with Crippen molar-refractivity contribution in [2.45, 2.75) is 31.7 Å². The number of cyclic esters (lactones) is 1. The monoisotopic (exact) mass is 398 g/mol. The summed E-state index contributed by atoms with van der Waals surface area (Å²) in [5.74, 6) is 1.27. The molecule has 0 spiro atoms. The highest BCUT2D eigenvalue weighted by molar-refractivity contribution is 6.02. The Balaban J connectivity index is 1.76. The molecule has 2 unspecified atom stereocenters. The van der Waals surface area contributed by atoms with Crippen LogP contribution in [-0.2, 0) is 33.7 Å². The van der Waals surface area contributed by atoms with Gasteiger partial charge in [-0.15, -0.1) is 0 Å². The van der Waals surface area contributed by atoms with Crippen molar-refractivity contribution in [1.82, 2.24) is 0 Å². The molecule has 1 fully saturated rings. The summed E-state index contributed by atoms with van der Waals surface area (Å²) >= 11 is 0. The lowest BCUT2D eigenvalue weighted by Gasteiger charge is -2.28. The molecule has 0 amide bonds. The zero-order valence-electron chi connectivity index (χ0n) is 16.6. The maximum absolute atomic E-state index is 12.6. The normalized spacial score (nSPS) is 21.8. The van der Waals surface area contributed by atoms with Crippen molar-refractivity contribution < 1.29 is 33.2 Å². The minimum absolute atomic E-state index is 0.0150. The summed E-state index contributed by atoms with van der Waals surface area (Å²) in [4.78, 5) is 12.6. The molecule has 2 aliphatic heterocycles. The number of hydrogen-bond donors (Lipinski definition) is 0. The van der Waals surface area contributed by atoms with Crippen molar-refractivity contribution >= 4 is 5.97 Å². The smallest absolute Gasteiger partial charge is 0.339 e. The number of fused-ring (bicyclic) bond motifs is 3. The quantitative estimate of drug-likeness (QED) is 0.734. The fourth-order valence-electron chi connectivity index (χ4n) is 4.59. The lowest BCUT2D eigenvalue weighted by atomic mass is 9.79. The summed E-state index contributed by atoms with van der Waals surface area (Å²) in [6.07, 6.45) is 1.45. The van der Waals surface area contributed by atoms with E-state index < -0.39 is 0 Å². The molecule has 3 aliphatic rings. The largest absolute Gasteiger partial charge is 0.493 e. The minimum atomic E-state index is -0.308. The van der Waals surface area contributed by atoms with Crippen molar-refractivity contribution in [3.8, 4) is 28.4 Å². The highest BCUT2D eigenvalue weighted by Crippen LogP contribution is 2.46. The number of carbonyl (C=O) groups is 1. The molecule has 0 N–H and O–H groups in total. The van der Waals surface area contributed by atoms with Gasteiger partial charge in [0, 0.05) is 24.0 Å². The molecule has 2 aromatic rings. The third kappa shape index (κ3) is 2.76. The van der Waals surface area contributed by atoms with Gasteiger partial charge in [-0.1, -0.05) is 6.07 Å². The fraction of sp³-hybridized carbons (Fsp3) is 0.409. The molecule has 2 atom stereocenters. The van der Waals surface area contributed by atoms with E-state index >= 15 is 0 Å². The molecule has 1 aliphatic carbocycles. The Labute approximate surface area is 168 Å². The Morgan fingerprint density at radius 3 is 2.21 bits per heavy atom. The van der Waals surface area contributed by atoms with E-state index in [0.29, 0.717) is 36.0 Å². The second-order valence-corrected chi connectivity index (χ2v) is 7.35. The first-order valence-electron chi connectivity index (χ1n) is 9.53. The third-order valence-electron chi connectivity index (χ3n) is 5.93. The molecule has 7 heteroatoms. The summed E-state index contributed by atoms with van der Waals surface area (Å²) in [7, 11) is 4.72. The second-order valence-electron chi connectivity index (χ2n) is 7.35. The molecule has 0 aromatic heterocycles. The Morgan fingerprint density at radius 1 is 0.862 bits per heavy atom. The van der Waals surface area contributed by atoms with Crippen LogP contribution in [0.1, 0.15) is 27.0 Å². The lowest BCUT2D eigenvalue weighted by Crippen LogP contribution is -2.33. The number of hydrogen-bond acceptors (Lipinski definition) is 7. The van der Waals surface area contributed by atoms with Gasteiger partial charge in [-0.05, 0) is 28.8 Å². The van der Waals surface area contributed by atoms with Crippen molar-refractivity contribution in [2.75, 3.05) is 28.1 Å². The van der Waals surface area contributed by atoms with Crippen LogP contribution in [0.15, 0.2) is 18.2 Å². The van der Waals surface area contributed by atoms with Gasteiger partial charge in [0.2, 0.25) is 5.75 Å². The number of ether oxygens (including phenoxy) is 6. The SMILES string of the molecule is COc1cc(-c2c3c(cc4c2C(=O)OC4)CC2OCOC2C3)cc(OC)c1OC. The molecular formula is C22H22O7. The summed E-state index contributed by atoms with van der Waals surface area (Å²) in [6, 6.07) is 5.83. The number of methoxy groups -OCH3 is 3. The Hall–Kier alpha value is -2.77. The Bertz CT molecular complexity index is 972. The zero-order chi connectivity index (χ0) is 20.1. The molecule has 0 radical (unpaired) electrons. The van der Waals surface area contributed by atoms with Crippen LogP contribution < -0.4 is 14.2 Å². The summed E-state index contributed by atoms with van der Waals surface area (Å²) < 4.78 is 33.4. The predicted molar refractivity (Wildman–Crippen MR) is 103 cm³/mol. The van der Waals surface area contributed by atoms with Crippen LogP contribution in [-0.4, -0.2) is 46.3 Å². The van der Waals surface area contributed by atoms with Gasteiger partial charge in [-0.3, -0.25) is 0 Å². The molecule has 2 aromatic carbocycles. The molecule has 1 saturated heterocycles. The van der Waals surface area contributed by atoms with Crippen molar-refractivity contribution in [3.63, 3.8) is 0 Å². The number of carbonyl (C=O) groups excluding carboxylic acids is 1. The average molecular weight is 398 g/mol. The second kappa shape index (κ2) is 6.93. The molecule has 7 nitrogen and oxygen atoms in total. The maximum atomic E-state index is 12.6. The van der Waals surface area contributed by atoms with Gasteiger partial charge in [-0.25, -0.2) is 4.79 Å². The standard InChI is InChI=1S/C22H22O7/c1-24-17-6-12(7-18(25-2)21(17)26-3)19-14-8-16-15(28-10-29-16)5-11(14)4-13-9-27-22(23)20(13)19/h4,6-7,15-16H,5,8-10H2,1-3H3. The van der Waals surface area contributed by atoms with E-state index in [-0.39, 0.29) is 24.8 Å². The van der Waals surface area contributed by atoms with E-state index in [0.717, 1.165) is 34.2 Å². The average Bonchev–Trinajstić information content (AvgIpc) is 3.35. The van der Waals surface area contributed by atoms with E-state index in [9.17, 15) is 4.79 Å². The van der Waals surface area contributed by atoms with E-state index in [1.807, 2.05) is 12.1 Å². The van der Waals surface area contributed by atoms with E-state index in [1.165, 1.54) is 0 Å². The predicted octanol–water partition coefficient (Wildman–Crippen LogP) is 2.89. The van der Waals surface area contributed by atoms with Gasteiger partial charge >= 0.3 is 5.97 Å². The number of esters is 1. The van der Waals surface area contributed by atoms with E-state index in [4.69, 9.17) is 28.4 Å². The van der Waals surface area contributed by atoms with Crippen LogP contribution in [0, 0.1) is 0 Å². The van der Waals surface area contributed by atoms with Gasteiger partial charge in [0.1, 0.15) is 13.4 Å². The molecule has 5 rings (SSSR count). The first-order valence-corrected chi connectivity index (χ1v) is 9.53. The van der Waals surface area contributed by atoms with Crippen LogP contribution in [0.3, 0.4) is 0 Å². The molecule has 0 bridgehead atoms. The molecule has 152 valence electrons. The summed E-state index contributed by atoms with van der Waals surface area (Å²) in [6.45, 7) is 0.592. The van der Waals surface area contributed by atoms with Gasteiger partial charge in [-0.2, -0.15) is 0 Å². The molecule has 2 heterocycles. The van der Waals surface area contributed by atoms with Crippen LogP contribution in [0.5, 0.6) is 17.2 Å². The van der Waals surface area contributed by atoms with Gasteiger partial charge < -0.3 is 28.4 Å².